The topological polar surface area (TPSA) is 29.9 Å². The van der Waals surface area contributed by atoms with Crippen molar-refractivity contribution in [2.45, 2.75) is 53.1 Å². The van der Waals surface area contributed by atoms with Gasteiger partial charge in [0.1, 0.15) is 0 Å². The predicted molar refractivity (Wildman–Crippen MR) is 84.4 cm³/mol. The summed E-state index contributed by atoms with van der Waals surface area (Å²) in [5.74, 6) is 0.461. The normalized spacial score (nSPS) is 11.6. The van der Waals surface area contributed by atoms with Gasteiger partial charge in [-0.2, -0.15) is 5.10 Å². The maximum atomic E-state index is 4.67. The van der Waals surface area contributed by atoms with E-state index in [0.717, 1.165) is 12.2 Å². The molecule has 0 bridgehead atoms. The van der Waals surface area contributed by atoms with E-state index in [0.29, 0.717) is 12.0 Å². The fourth-order valence-electron chi connectivity index (χ4n) is 2.11. The lowest BCUT2D eigenvalue weighted by Crippen LogP contribution is -2.21. The smallest absolute Gasteiger partial charge is 0.0678 e. The van der Waals surface area contributed by atoms with Crippen molar-refractivity contribution in [2.75, 3.05) is 0 Å². The van der Waals surface area contributed by atoms with Gasteiger partial charge in [0.2, 0.25) is 0 Å². The number of nitrogens with one attached hydrogen (secondary N) is 1. The van der Waals surface area contributed by atoms with Gasteiger partial charge < -0.3 is 5.32 Å². The van der Waals surface area contributed by atoms with Crippen LogP contribution in [0.5, 0.6) is 0 Å². The molecule has 0 fully saturated rings. The average molecular weight is 271 g/mol. The predicted octanol–water partition coefficient (Wildman–Crippen LogP) is 3.80. The highest BCUT2D eigenvalue weighted by molar-refractivity contribution is 5.43. The van der Waals surface area contributed by atoms with E-state index in [9.17, 15) is 0 Å². The van der Waals surface area contributed by atoms with Crippen molar-refractivity contribution >= 4 is 0 Å². The summed E-state index contributed by atoms with van der Waals surface area (Å²) >= 11 is 0. The maximum absolute atomic E-state index is 4.67. The van der Waals surface area contributed by atoms with Crippen molar-refractivity contribution in [3.63, 3.8) is 0 Å². The summed E-state index contributed by atoms with van der Waals surface area (Å²) in [6.45, 7) is 11.7. The third-order valence-corrected chi connectivity index (χ3v) is 3.44. The van der Waals surface area contributed by atoms with Gasteiger partial charge in [-0.05, 0) is 36.1 Å². The second-order valence-corrected chi connectivity index (χ2v) is 6.00. The van der Waals surface area contributed by atoms with Gasteiger partial charge in [0.25, 0.3) is 0 Å². The molecule has 0 amide bonds. The molecule has 1 aromatic heterocycles. The quantitative estimate of drug-likeness (QED) is 0.896. The zero-order chi connectivity index (χ0) is 14.7. The van der Waals surface area contributed by atoms with E-state index in [1.807, 2.05) is 4.68 Å². The van der Waals surface area contributed by atoms with Crippen LogP contribution in [-0.2, 0) is 6.54 Å². The van der Waals surface area contributed by atoms with E-state index in [1.165, 1.54) is 16.8 Å². The number of hydrogen-bond donors (Lipinski definition) is 1. The molecule has 1 heterocycles. The zero-order valence-corrected chi connectivity index (χ0v) is 13.1. The lowest BCUT2D eigenvalue weighted by Gasteiger charge is -2.12. The summed E-state index contributed by atoms with van der Waals surface area (Å²) in [6, 6.07) is 9.17. The van der Waals surface area contributed by atoms with Gasteiger partial charge in [0.15, 0.2) is 0 Å². The first kappa shape index (κ1) is 14.8. The molecule has 0 saturated heterocycles. The molecular formula is C17H25N3. The minimum Gasteiger partial charge on any atom is -0.310 e. The van der Waals surface area contributed by atoms with E-state index in [2.05, 4.69) is 75.5 Å². The zero-order valence-electron chi connectivity index (χ0n) is 13.1. The van der Waals surface area contributed by atoms with Crippen molar-refractivity contribution in [1.29, 1.82) is 0 Å². The summed E-state index contributed by atoms with van der Waals surface area (Å²) in [6.07, 6.45) is 2.05. The molecule has 0 saturated carbocycles. The Kier molecular flexibility index (Phi) is 4.61. The van der Waals surface area contributed by atoms with E-state index in [4.69, 9.17) is 0 Å². The molecule has 108 valence electrons. The van der Waals surface area contributed by atoms with Crippen LogP contribution in [0.1, 0.15) is 50.4 Å². The van der Waals surface area contributed by atoms with Crippen LogP contribution in [0.3, 0.4) is 0 Å². The van der Waals surface area contributed by atoms with Crippen molar-refractivity contribution < 1.29 is 0 Å². The molecule has 0 aliphatic rings. The van der Waals surface area contributed by atoms with Crippen molar-refractivity contribution in [3.8, 4) is 5.69 Å². The Morgan fingerprint density at radius 1 is 1.15 bits per heavy atom. The molecule has 2 rings (SSSR count). The van der Waals surface area contributed by atoms with Crippen LogP contribution in [0, 0.1) is 6.92 Å². The highest BCUT2D eigenvalue weighted by atomic mass is 15.3. The van der Waals surface area contributed by atoms with Crippen molar-refractivity contribution in [3.05, 3.63) is 47.3 Å². The Balaban J connectivity index is 2.27. The average Bonchev–Trinajstić information content (AvgIpc) is 2.87. The second-order valence-electron chi connectivity index (χ2n) is 6.00. The first-order valence-corrected chi connectivity index (χ1v) is 7.36. The fourth-order valence-corrected chi connectivity index (χ4v) is 2.11. The Hall–Kier alpha value is -1.61. The molecule has 1 aromatic carbocycles. The summed E-state index contributed by atoms with van der Waals surface area (Å²) in [5.41, 5.74) is 4.84. The number of nitrogens with zero attached hydrogens (tertiary/aromatic N) is 2. The van der Waals surface area contributed by atoms with Gasteiger partial charge >= 0.3 is 0 Å². The molecule has 3 heteroatoms. The lowest BCUT2D eigenvalue weighted by molar-refractivity contribution is 0.588. The van der Waals surface area contributed by atoms with Gasteiger partial charge in [0.05, 0.1) is 11.4 Å². The molecular weight excluding hydrogens is 246 g/mol. The molecule has 1 N–H and O–H groups in total. The molecule has 0 unspecified atom stereocenters. The molecule has 0 aliphatic carbocycles. The molecule has 0 radical (unpaired) electrons. The minimum absolute atomic E-state index is 0.461. The van der Waals surface area contributed by atoms with Gasteiger partial charge in [-0.15, -0.1) is 0 Å². The highest BCUT2D eigenvalue weighted by Gasteiger charge is 2.08. The van der Waals surface area contributed by atoms with Gasteiger partial charge in [0, 0.05) is 18.8 Å². The standard InChI is InChI=1S/C17H25N3/c1-12(2)16-8-9-20(19-16)17-10-15(7-6-14(17)5)11-18-13(3)4/h6-10,12-13,18H,11H2,1-5H3. The third kappa shape index (κ3) is 3.48. The summed E-state index contributed by atoms with van der Waals surface area (Å²) in [5, 5.41) is 8.13. The molecule has 2 aromatic rings. The Morgan fingerprint density at radius 3 is 2.50 bits per heavy atom. The monoisotopic (exact) mass is 271 g/mol. The van der Waals surface area contributed by atoms with Gasteiger partial charge in [-0.3, -0.25) is 0 Å². The fraction of sp³-hybridized carbons (Fsp3) is 0.471. The number of rotatable bonds is 5. The lowest BCUT2D eigenvalue weighted by atomic mass is 10.1. The van der Waals surface area contributed by atoms with E-state index in [-0.39, 0.29) is 0 Å². The minimum atomic E-state index is 0.461. The number of aryl methyl sites for hydroxylation is 1. The number of hydrogen-bond acceptors (Lipinski definition) is 2. The SMILES string of the molecule is Cc1ccc(CNC(C)C)cc1-n1ccc(C(C)C)n1. The summed E-state index contributed by atoms with van der Waals surface area (Å²) < 4.78 is 1.99. The Labute approximate surface area is 122 Å². The number of aromatic nitrogens is 2. The molecule has 20 heavy (non-hydrogen) atoms. The third-order valence-electron chi connectivity index (χ3n) is 3.44. The van der Waals surface area contributed by atoms with Crippen molar-refractivity contribution in [2.24, 2.45) is 0 Å². The van der Waals surface area contributed by atoms with E-state index >= 15 is 0 Å². The van der Waals surface area contributed by atoms with Crippen LogP contribution in [0.2, 0.25) is 0 Å². The largest absolute Gasteiger partial charge is 0.310 e. The van der Waals surface area contributed by atoms with Crippen LogP contribution >= 0.6 is 0 Å². The molecule has 0 aliphatic heterocycles. The van der Waals surface area contributed by atoms with Crippen molar-refractivity contribution in [1.82, 2.24) is 15.1 Å². The molecule has 0 spiro atoms. The summed E-state index contributed by atoms with van der Waals surface area (Å²) in [4.78, 5) is 0. The second kappa shape index (κ2) is 6.23. The van der Waals surface area contributed by atoms with Gasteiger partial charge in [-0.1, -0.05) is 39.8 Å². The van der Waals surface area contributed by atoms with Crippen LogP contribution in [0.15, 0.2) is 30.5 Å². The van der Waals surface area contributed by atoms with Crippen LogP contribution in [-0.4, -0.2) is 15.8 Å². The van der Waals surface area contributed by atoms with Crippen LogP contribution in [0.25, 0.3) is 5.69 Å². The first-order chi connectivity index (χ1) is 9.47. The van der Waals surface area contributed by atoms with Gasteiger partial charge in [-0.25, -0.2) is 4.68 Å². The van der Waals surface area contributed by atoms with Crippen LogP contribution in [0.4, 0.5) is 0 Å². The Bertz CT molecular complexity index is 567. The van der Waals surface area contributed by atoms with E-state index < -0.39 is 0 Å². The van der Waals surface area contributed by atoms with Crippen LogP contribution < -0.4 is 5.32 Å². The molecule has 0 atom stereocenters. The Morgan fingerprint density at radius 2 is 1.90 bits per heavy atom. The first-order valence-electron chi connectivity index (χ1n) is 7.36. The summed E-state index contributed by atoms with van der Waals surface area (Å²) in [7, 11) is 0. The molecule has 3 nitrogen and oxygen atoms in total. The number of benzene rings is 1. The van der Waals surface area contributed by atoms with E-state index in [1.54, 1.807) is 0 Å². The highest BCUT2D eigenvalue weighted by Crippen LogP contribution is 2.18. The maximum Gasteiger partial charge on any atom is 0.0678 e.